The molecule has 0 radical (unpaired) electrons. The monoisotopic (exact) mass is 326 g/mol. The van der Waals surface area contributed by atoms with Crippen LogP contribution in [0.15, 0.2) is 12.1 Å². The van der Waals surface area contributed by atoms with Gasteiger partial charge in [0.1, 0.15) is 6.04 Å². The van der Waals surface area contributed by atoms with Crippen LogP contribution in [0.4, 0.5) is 0 Å². The number of aryl methyl sites for hydroxylation is 1. The molecule has 1 aromatic rings. The van der Waals surface area contributed by atoms with Crippen LogP contribution < -0.4 is 5.32 Å². The summed E-state index contributed by atoms with van der Waals surface area (Å²) in [6.07, 6.45) is 0.387. The van der Waals surface area contributed by atoms with E-state index < -0.39 is 0 Å². The third-order valence-corrected chi connectivity index (χ3v) is 5.14. The minimum Gasteiger partial charge on any atom is -0.350 e. The standard InChI is InChI=1S/C15H22N2O2S2/c1-10-5-6-11(21-10)7-13(18)17-9-20-8-12(17)14(19)16-15(2,3)4/h5-6,12H,7-9H2,1-4H3,(H,16,19)/t12-/m0/s1. The highest BCUT2D eigenvalue weighted by atomic mass is 32.2. The van der Waals surface area contributed by atoms with Gasteiger partial charge in [-0.1, -0.05) is 0 Å². The van der Waals surface area contributed by atoms with Crippen molar-refractivity contribution in [2.45, 2.75) is 45.7 Å². The first-order valence-corrected chi connectivity index (χ1v) is 8.98. The van der Waals surface area contributed by atoms with Gasteiger partial charge in [-0.3, -0.25) is 9.59 Å². The molecule has 21 heavy (non-hydrogen) atoms. The van der Waals surface area contributed by atoms with E-state index in [1.807, 2.05) is 39.8 Å². The molecule has 1 aliphatic heterocycles. The third kappa shape index (κ3) is 4.48. The predicted octanol–water partition coefficient (Wildman–Crippen LogP) is 2.42. The lowest BCUT2D eigenvalue weighted by atomic mass is 10.1. The summed E-state index contributed by atoms with van der Waals surface area (Å²) >= 11 is 3.28. The summed E-state index contributed by atoms with van der Waals surface area (Å²) in [7, 11) is 0. The molecule has 0 unspecified atom stereocenters. The Morgan fingerprint density at radius 2 is 2.10 bits per heavy atom. The Morgan fingerprint density at radius 3 is 2.67 bits per heavy atom. The van der Waals surface area contributed by atoms with Gasteiger partial charge in [0, 0.05) is 21.0 Å². The molecule has 4 nitrogen and oxygen atoms in total. The smallest absolute Gasteiger partial charge is 0.244 e. The molecule has 0 saturated carbocycles. The normalized spacial score (nSPS) is 18.9. The van der Waals surface area contributed by atoms with Gasteiger partial charge in [-0.2, -0.15) is 0 Å². The predicted molar refractivity (Wildman–Crippen MR) is 88.6 cm³/mol. The molecule has 2 rings (SSSR count). The number of hydrogen-bond donors (Lipinski definition) is 1. The van der Waals surface area contributed by atoms with E-state index >= 15 is 0 Å². The van der Waals surface area contributed by atoms with E-state index in [2.05, 4.69) is 5.32 Å². The molecule has 0 bridgehead atoms. The maximum Gasteiger partial charge on any atom is 0.244 e. The molecule has 6 heteroatoms. The number of carbonyl (C=O) groups is 2. The first kappa shape index (κ1) is 16.4. The van der Waals surface area contributed by atoms with E-state index in [4.69, 9.17) is 0 Å². The minimum absolute atomic E-state index is 0.0379. The average Bonchev–Trinajstić information content (AvgIpc) is 2.95. The second kappa shape index (κ2) is 6.40. The molecule has 0 aromatic carbocycles. The van der Waals surface area contributed by atoms with Crippen molar-refractivity contribution >= 4 is 34.9 Å². The van der Waals surface area contributed by atoms with Crippen LogP contribution in [0.5, 0.6) is 0 Å². The van der Waals surface area contributed by atoms with Gasteiger partial charge in [0.25, 0.3) is 0 Å². The molecule has 1 saturated heterocycles. The zero-order valence-electron chi connectivity index (χ0n) is 12.9. The number of nitrogens with one attached hydrogen (secondary N) is 1. The number of thiophene rings is 1. The largest absolute Gasteiger partial charge is 0.350 e. The van der Waals surface area contributed by atoms with Crippen LogP contribution in [0.1, 0.15) is 30.5 Å². The van der Waals surface area contributed by atoms with Gasteiger partial charge in [-0.15, -0.1) is 23.1 Å². The van der Waals surface area contributed by atoms with Crippen LogP contribution in [-0.2, 0) is 16.0 Å². The minimum atomic E-state index is -0.345. The maximum atomic E-state index is 12.4. The van der Waals surface area contributed by atoms with Crippen molar-refractivity contribution in [1.82, 2.24) is 10.2 Å². The molecule has 0 spiro atoms. The Labute approximate surface area is 134 Å². The summed E-state index contributed by atoms with van der Waals surface area (Å²) in [5.41, 5.74) is -0.274. The van der Waals surface area contributed by atoms with Crippen molar-refractivity contribution in [2.75, 3.05) is 11.6 Å². The fourth-order valence-electron chi connectivity index (χ4n) is 2.19. The van der Waals surface area contributed by atoms with Crippen LogP contribution in [0, 0.1) is 6.92 Å². The topological polar surface area (TPSA) is 49.4 Å². The van der Waals surface area contributed by atoms with Crippen LogP contribution in [0.25, 0.3) is 0 Å². The molecule has 1 N–H and O–H groups in total. The van der Waals surface area contributed by atoms with Gasteiger partial charge in [0.05, 0.1) is 12.3 Å². The Hall–Kier alpha value is -1.01. The van der Waals surface area contributed by atoms with E-state index in [0.29, 0.717) is 18.1 Å². The highest BCUT2D eigenvalue weighted by Gasteiger charge is 2.35. The lowest BCUT2D eigenvalue weighted by molar-refractivity contribution is -0.138. The number of nitrogens with zero attached hydrogens (tertiary/aromatic N) is 1. The van der Waals surface area contributed by atoms with Crippen LogP contribution in [0.3, 0.4) is 0 Å². The van der Waals surface area contributed by atoms with Crippen LogP contribution in [-0.4, -0.2) is 39.9 Å². The second-order valence-electron chi connectivity index (χ2n) is 6.31. The number of carbonyl (C=O) groups excluding carboxylic acids is 2. The summed E-state index contributed by atoms with van der Waals surface area (Å²) in [6, 6.07) is 3.67. The molecule has 116 valence electrons. The molecule has 1 fully saturated rings. The Kier molecular flexibility index (Phi) is 4.99. The number of rotatable bonds is 3. The lowest BCUT2D eigenvalue weighted by Gasteiger charge is -2.27. The van der Waals surface area contributed by atoms with Gasteiger partial charge < -0.3 is 10.2 Å². The van der Waals surface area contributed by atoms with Crippen molar-refractivity contribution in [3.63, 3.8) is 0 Å². The van der Waals surface area contributed by atoms with Gasteiger partial charge >= 0.3 is 0 Å². The summed E-state index contributed by atoms with van der Waals surface area (Å²) < 4.78 is 0. The van der Waals surface area contributed by atoms with E-state index in [-0.39, 0.29) is 23.4 Å². The molecule has 2 heterocycles. The molecule has 1 atom stereocenters. The molecule has 0 aliphatic carbocycles. The van der Waals surface area contributed by atoms with Crippen LogP contribution in [0.2, 0.25) is 0 Å². The van der Waals surface area contributed by atoms with Crippen molar-refractivity contribution < 1.29 is 9.59 Å². The van der Waals surface area contributed by atoms with Crippen molar-refractivity contribution in [1.29, 1.82) is 0 Å². The van der Waals surface area contributed by atoms with E-state index in [1.165, 1.54) is 4.88 Å². The van der Waals surface area contributed by atoms with E-state index in [0.717, 1.165) is 4.88 Å². The first-order chi connectivity index (χ1) is 9.76. The van der Waals surface area contributed by atoms with Crippen molar-refractivity contribution in [3.8, 4) is 0 Å². The number of thioether (sulfide) groups is 1. The average molecular weight is 326 g/mol. The van der Waals surface area contributed by atoms with Gasteiger partial charge in [-0.25, -0.2) is 0 Å². The Morgan fingerprint density at radius 1 is 1.38 bits per heavy atom. The van der Waals surface area contributed by atoms with E-state index in [9.17, 15) is 9.59 Å². The molecule has 1 aromatic heterocycles. The number of amides is 2. The Balaban J connectivity index is 2.00. The maximum absolute atomic E-state index is 12.4. The summed E-state index contributed by atoms with van der Waals surface area (Å²) in [6.45, 7) is 7.89. The second-order valence-corrected chi connectivity index (χ2v) is 8.68. The highest BCUT2D eigenvalue weighted by Crippen LogP contribution is 2.24. The van der Waals surface area contributed by atoms with Gasteiger partial charge in [-0.05, 0) is 39.8 Å². The summed E-state index contributed by atoms with van der Waals surface area (Å²) in [4.78, 5) is 28.7. The zero-order chi connectivity index (χ0) is 15.6. The SMILES string of the molecule is Cc1ccc(CC(=O)N2CSC[C@H]2C(=O)NC(C)(C)C)s1. The summed E-state index contributed by atoms with van der Waals surface area (Å²) in [5, 5.41) is 2.97. The quantitative estimate of drug-likeness (QED) is 0.928. The molecule has 2 amide bonds. The van der Waals surface area contributed by atoms with E-state index in [1.54, 1.807) is 28.0 Å². The zero-order valence-corrected chi connectivity index (χ0v) is 14.6. The summed E-state index contributed by atoms with van der Waals surface area (Å²) in [5.74, 6) is 1.27. The molecule has 1 aliphatic rings. The molecular weight excluding hydrogens is 304 g/mol. The van der Waals surface area contributed by atoms with Crippen molar-refractivity contribution in [3.05, 3.63) is 21.9 Å². The molecular formula is C15H22N2O2S2. The lowest BCUT2D eigenvalue weighted by Crippen LogP contribution is -2.52. The highest BCUT2D eigenvalue weighted by molar-refractivity contribution is 7.99. The van der Waals surface area contributed by atoms with Gasteiger partial charge in [0.15, 0.2) is 0 Å². The number of hydrogen-bond acceptors (Lipinski definition) is 4. The van der Waals surface area contributed by atoms with Gasteiger partial charge in [0.2, 0.25) is 11.8 Å². The van der Waals surface area contributed by atoms with Crippen LogP contribution >= 0.6 is 23.1 Å². The fourth-order valence-corrected chi connectivity index (χ4v) is 4.25. The fraction of sp³-hybridized carbons (Fsp3) is 0.600. The third-order valence-electron chi connectivity index (χ3n) is 3.12. The first-order valence-electron chi connectivity index (χ1n) is 7.01. The Bertz CT molecular complexity index is 534. The van der Waals surface area contributed by atoms with Crippen molar-refractivity contribution in [2.24, 2.45) is 0 Å².